The number of halogens is 1. The van der Waals surface area contributed by atoms with Crippen LogP contribution in [-0.4, -0.2) is 12.1 Å². The van der Waals surface area contributed by atoms with Gasteiger partial charge in [-0.3, -0.25) is 0 Å². The highest BCUT2D eigenvalue weighted by molar-refractivity contribution is 6.32. The summed E-state index contributed by atoms with van der Waals surface area (Å²) in [5.74, 6) is 0. The van der Waals surface area contributed by atoms with Gasteiger partial charge in [0.2, 0.25) is 0 Å². The summed E-state index contributed by atoms with van der Waals surface area (Å²) >= 11 is 5.89. The van der Waals surface area contributed by atoms with E-state index in [0.29, 0.717) is 16.3 Å². The van der Waals surface area contributed by atoms with E-state index in [1.54, 1.807) is 18.2 Å². The van der Waals surface area contributed by atoms with Crippen LogP contribution < -0.4 is 10.6 Å². The first-order valence-corrected chi connectivity index (χ1v) is 6.34. The maximum Gasteiger partial charge on any atom is 0.319 e. The Kier molecular flexibility index (Phi) is 4.06. The van der Waals surface area contributed by atoms with Crippen LogP contribution in [0, 0.1) is 11.3 Å². The molecular weight excluding hydrogens is 250 g/mol. The highest BCUT2D eigenvalue weighted by Crippen LogP contribution is 2.21. The molecule has 1 aromatic rings. The van der Waals surface area contributed by atoms with Gasteiger partial charge in [0.25, 0.3) is 0 Å². The maximum atomic E-state index is 11.7. The zero-order valence-electron chi connectivity index (χ0n) is 9.87. The van der Waals surface area contributed by atoms with Crippen LogP contribution >= 0.6 is 11.6 Å². The Balaban J connectivity index is 1.94. The molecule has 0 atom stereocenters. The molecule has 1 aromatic carbocycles. The van der Waals surface area contributed by atoms with Crippen molar-refractivity contribution in [2.45, 2.75) is 31.7 Å². The van der Waals surface area contributed by atoms with E-state index in [4.69, 9.17) is 16.9 Å². The van der Waals surface area contributed by atoms with E-state index < -0.39 is 0 Å². The summed E-state index contributed by atoms with van der Waals surface area (Å²) in [7, 11) is 0. The SMILES string of the molecule is N#Cc1ccc(NC(=O)NC2CCCC2)cc1Cl. The maximum absolute atomic E-state index is 11.7. The van der Waals surface area contributed by atoms with Crippen LogP contribution in [0.3, 0.4) is 0 Å². The van der Waals surface area contributed by atoms with Crippen molar-refractivity contribution >= 4 is 23.3 Å². The van der Waals surface area contributed by atoms with E-state index in [1.807, 2.05) is 6.07 Å². The summed E-state index contributed by atoms with van der Waals surface area (Å²) in [5.41, 5.74) is 0.993. The monoisotopic (exact) mass is 263 g/mol. The van der Waals surface area contributed by atoms with Crippen molar-refractivity contribution in [3.63, 3.8) is 0 Å². The van der Waals surface area contributed by atoms with Crippen LogP contribution in [0.2, 0.25) is 5.02 Å². The van der Waals surface area contributed by atoms with Crippen LogP contribution in [0.1, 0.15) is 31.2 Å². The van der Waals surface area contributed by atoms with Gasteiger partial charge in [0.15, 0.2) is 0 Å². The summed E-state index contributed by atoms with van der Waals surface area (Å²) < 4.78 is 0. The fourth-order valence-electron chi connectivity index (χ4n) is 2.11. The smallest absolute Gasteiger partial charge is 0.319 e. The summed E-state index contributed by atoms with van der Waals surface area (Å²) in [6.07, 6.45) is 4.43. The Labute approximate surface area is 111 Å². The van der Waals surface area contributed by atoms with Crippen LogP contribution in [0.15, 0.2) is 18.2 Å². The second-order valence-corrected chi connectivity index (χ2v) is 4.79. The molecule has 2 rings (SSSR count). The number of urea groups is 1. The third-order valence-electron chi connectivity index (χ3n) is 3.04. The van der Waals surface area contributed by atoms with Gasteiger partial charge in [0.05, 0.1) is 10.6 Å². The van der Waals surface area contributed by atoms with E-state index in [0.717, 1.165) is 12.8 Å². The zero-order valence-corrected chi connectivity index (χ0v) is 10.6. The molecule has 94 valence electrons. The van der Waals surface area contributed by atoms with Gasteiger partial charge in [0.1, 0.15) is 6.07 Å². The van der Waals surface area contributed by atoms with Crippen LogP contribution in [0.4, 0.5) is 10.5 Å². The van der Waals surface area contributed by atoms with Crippen molar-refractivity contribution < 1.29 is 4.79 Å². The third-order valence-corrected chi connectivity index (χ3v) is 3.35. The molecule has 1 aliphatic carbocycles. The molecule has 4 nitrogen and oxygen atoms in total. The Hall–Kier alpha value is -1.73. The van der Waals surface area contributed by atoms with E-state index in [1.165, 1.54) is 12.8 Å². The fraction of sp³-hybridized carbons (Fsp3) is 0.385. The van der Waals surface area contributed by atoms with Crippen LogP contribution in [-0.2, 0) is 0 Å². The van der Waals surface area contributed by atoms with Crippen molar-refractivity contribution in [1.82, 2.24) is 5.32 Å². The molecule has 0 unspecified atom stereocenters. The molecule has 1 fully saturated rings. The minimum absolute atomic E-state index is 0.220. The van der Waals surface area contributed by atoms with E-state index in [-0.39, 0.29) is 12.1 Å². The highest BCUT2D eigenvalue weighted by atomic mass is 35.5. The molecular formula is C13H14ClN3O. The van der Waals surface area contributed by atoms with E-state index in [2.05, 4.69) is 10.6 Å². The van der Waals surface area contributed by atoms with Gasteiger partial charge >= 0.3 is 6.03 Å². The largest absolute Gasteiger partial charge is 0.335 e. The van der Waals surface area contributed by atoms with Gasteiger partial charge in [-0.1, -0.05) is 24.4 Å². The first-order chi connectivity index (χ1) is 8.69. The highest BCUT2D eigenvalue weighted by Gasteiger charge is 2.17. The topological polar surface area (TPSA) is 64.9 Å². The molecule has 0 heterocycles. The fourth-order valence-corrected chi connectivity index (χ4v) is 2.33. The Morgan fingerprint density at radius 3 is 2.72 bits per heavy atom. The predicted molar refractivity (Wildman–Crippen MR) is 70.6 cm³/mol. The molecule has 1 aliphatic rings. The molecule has 0 bridgehead atoms. The summed E-state index contributed by atoms with van der Waals surface area (Å²) in [5, 5.41) is 14.7. The van der Waals surface area contributed by atoms with Crippen LogP contribution in [0.5, 0.6) is 0 Å². The van der Waals surface area contributed by atoms with Gasteiger partial charge in [-0.2, -0.15) is 5.26 Å². The molecule has 2 amide bonds. The second kappa shape index (κ2) is 5.74. The lowest BCUT2D eigenvalue weighted by Crippen LogP contribution is -2.36. The van der Waals surface area contributed by atoms with Gasteiger partial charge in [-0.15, -0.1) is 0 Å². The average Bonchev–Trinajstić information content (AvgIpc) is 2.82. The van der Waals surface area contributed by atoms with Crippen LogP contribution in [0.25, 0.3) is 0 Å². The quantitative estimate of drug-likeness (QED) is 0.860. The molecule has 1 saturated carbocycles. The Morgan fingerprint density at radius 1 is 1.39 bits per heavy atom. The number of nitrogens with one attached hydrogen (secondary N) is 2. The normalized spacial score (nSPS) is 15.1. The third kappa shape index (κ3) is 3.14. The molecule has 0 spiro atoms. The number of hydrogen-bond donors (Lipinski definition) is 2. The first kappa shape index (κ1) is 12.7. The number of anilines is 1. The lowest BCUT2D eigenvalue weighted by molar-refractivity contribution is 0.248. The van der Waals surface area contributed by atoms with Crippen molar-refractivity contribution in [2.24, 2.45) is 0 Å². The van der Waals surface area contributed by atoms with Crippen molar-refractivity contribution in [3.05, 3.63) is 28.8 Å². The number of nitriles is 1. The lowest BCUT2D eigenvalue weighted by atomic mass is 10.2. The standard InChI is InChI=1S/C13H14ClN3O/c14-12-7-11(6-5-9(12)8-15)17-13(18)16-10-3-1-2-4-10/h5-7,10H,1-4H2,(H2,16,17,18). The molecule has 0 saturated heterocycles. The van der Waals surface area contributed by atoms with Gasteiger partial charge in [-0.25, -0.2) is 4.79 Å². The number of benzene rings is 1. The molecule has 0 aliphatic heterocycles. The summed E-state index contributed by atoms with van der Waals surface area (Å²) in [4.78, 5) is 11.7. The van der Waals surface area contributed by atoms with E-state index in [9.17, 15) is 4.79 Å². The number of amides is 2. The molecule has 0 radical (unpaired) electrons. The van der Waals surface area contributed by atoms with E-state index >= 15 is 0 Å². The minimum atomic E-state index is -0.220. The summed E-state index contributed by atoms with van der Waals surface area (Å²) in [6.45, 7) is 0. The molecule has 18 heavy (non-hydrogen) atoms. The predicted octanol–water partition coefficient (Wildman–Crippen LogP) is 3.28. The van der Waals surface area contributed by atoms with Crippen molar-refractivity contribution in [2.75, 3.05) is 5.32 Å². The number of carbonyl (C=O) groups excluding carboxylic acids is 1. The van der Waals surface area contributed by atoms with Crippen molar-refractivity contribution in [1.29, 1.82) is 5.26 Å². The lowest BCUT2D eigenvalue weighted by Gasteiger charge is -2.13. The first-order valence-electron chi connectivity index (χ1n) is 5.96. The van der Waals surface area contributed by atoms with Gasteiger partial charge in [-0.05, 0) is 31.0 Å². The van der Waals surface area contributed by atoms with Crippen molar-refractivity contribution in [3.8, 4) is 6.07 Å². The average molecular weight is 264 g/mol. The summed E-state index contributed by atoms with van der Waals surface area (Å²) in [6, 6.07) is 6.87. The number of hydrogen-bond acceptors (Lipinski definition) is 2. The molecule has 5 heteroatoms. The molecule has 0 aromatic heterocycles. The Bertz CT molecular complexity index is 489. The number of rotatable bonds is 2. The number of nitrogens with zero attached hydrogens (tertiary/aromatic N) is 1. The number of carbonyl (C=O) groups is 1. The van der Waals surface area contributed by atoms with Gasteiger partial charge in [0, 0.05) is 11.7 Å². The zero-order chi connectivity index (χ0) is 13.0. The second-order valence-electron chi connectivity index (χ2n) is 4.39. The minimum Gasteiger partial charge on any atom is -0.335 e. The van der Waals surface area contributed by atoms with Gasteiger partial charge < -0.3 is 10.6 Å². The Morgan fingerprint density at radius 2 is 2.11 bits per heavy atom. The molecule has 2 N–H and O–H groups in total.